The van der Waals surface area contributed by atoms with Gasteiger partial charge in [-0.15, -0.1) is 0 Å². The van der Waals surface area contributed by atoms with Gasteiger partial charge in [0, 0.05) is 6.42 Å². The van der Waals surface area contributed by atoms with Crippen LogP contribution in [-0.2, 0) is 4.74 Å². The minimum atomic E-state index is -0.974. The van der Waals surface area contributed by atoms with E-state index in [4.69, 9.17) is 9.84 Å². The average molecular weight is 204 g/mol. The lowest BCUT2D eigenvalue weighted by molar-refractivity contribution is -0.201. The van der Waals surface area contributed by atoms with E-state index in [1.54, 1.807) is 0 Å². The van der Waals surface area contributed by atoms with Crippen LogP contribution in [0.4, 0.5) is 0 Å². The van der Waals surface area contributed by atoms with Gasteiger partial charge >= 0.3 is 0 Å². The van der Waals surface area contributed by atoms with Crippen LogP contribution in [-0.4, -0.2) is 46.3 Å². The van der Waals surface area contributed by atoms with E-state index in [-0.39, 0.29) is 18.1 Å². The molecule has 0 aromatic heterocycles. The van der Waals surface area contributed by atoms with Crippen LogP contribution in [0.2, 0.25) is 0 Å². The Morgan fingerprint density at radius 1 is 1.29 bits per heavy atom. The van der Waals surface area contributed by atoms with Crippen molar-refractivity contribution in [2.75, 3.05) is 6.61 Å². The number of rotatable bonds is 1. The van der Waals surface area contributed by atoms with Crippen molar-refractivity contribution < 1.29 is 20.1 Å². The fourth-order valence-electron chi connectivity index (χ4n) is 1.66. The summed E-state index contributed by atoms with van der Waals surface area (Å²) < 4.78 is 5.52. The molecule has 0 aromatic rings. The highest BCUT2D eigenvalue weighted by molar-refractivity contribution is 4.89. The van der Waals surface area contributed by atoms with Crippen molar-refractivity contribution >= 4 is 0 Å². The predicted octanol–water partition coefficient (Wildman–Crippen LogP) is -0.0959. The standard InChI is InChI=1S/C10H20O4/c1-10(2,3)8-4-6(12)9(13)7(5-11)14-8/h6-9,11-13H,4-5H2,1-3H3/t6-,7?,8-,9+/m1/s1. The molecule has 1 aliphatic rings. The van der Waals surface area contributed by atoms with Crippen molar-refractivity contribution in [1.82, 2.24) is 0 Å². The van der Waals surface area contributed by atoms with Crippen molar-refractivity contribution in [2.24, 2.45) is 5.41 Å². The van der Waals surface area contributed by atoms with Crippen LogP contribution in [0.5, 0.6) is 0 Å². The molecule has 0 spiro atoms. The summed E-state index contributed by atoms with van der Waals surface area (Å²) in [6.45, 7) is 5.77. The van der Waals surface area contributed by atoms with Crippen LogP contribution in [0, 0.1) is 5.41 Å². The van der Waals surface area contributed by atoms with Crippen LogP contribution < -0.4 is 0 Å². The maximum Gasteiger partial charge on any atom is 0.109 e. The Bertz CT molecular complexity index is 187. The first-order chi connectivity index (χ1) is 6.36. The summed E-state index contributed by atoms with van der Waals surface area (Å²) in [5.74, 6) is 0. The first kappa shape index (κ1) is 11.9. The summed E-state index contributed by atoms with van der Waals surface area (Å²) in [5.41, 5.74) is -0.0887. The molecule has 3 N–H and O–H groups in total. The molecular weight excluding hydrogens is 184 g/mol. The fourth-order valence-corrected chi connectivity index (χ4v) is 1.66. The summed E-state index contributed by atoms with van der Waals surface area (Å²) in [7, 11) is 0. The zero-order valence-corrected chi connectivity index (χ0v) is 8.97. The van der Waals surface area contributed by atoms with E-state index in [9.17, 15) is 10.2 Å². The molecule has 1 saturated heterocycles. The van der Waals surface area contributed by atoms with Crippen molar-refractivity contribution in [3.63, 3.8) is 0 Å². The average Bonchev–Trinajstić information content (AvgIpc) is 2.07. The van der Waals surface area contributed by atoms with Gasteiger partial charge in [-0.05, 0) is 5.41 Å². The Morgan fingerprint density at radius 3 is 2.29 bits per heavy atom. The van der Waals surface area contributed by atoms with Crippen molar-refractivity contribution in [2.45, 2.75) is 51.6 Å². The molecule has 0 radical (unpaired) electrons. The minimum Gasteiger partial charge on any atom is -0.394 e. The molecule has 4 atom stereocenters. The molecule has 1 aliphatic heterocycles. The van der Waals surface area contributed by atoms with Gasteiger partial charge in [0.1, 0.15) is 12.2 Å². The lowest BCUT2D eigenvalue weighted by atomic mass is 9.82. The predicted molar refractivity (Wildman–Crippen MR) is 51.8 cm³/mol. The Hall–Kier alpha value is -0.160. The van der Waals surface area contributed by atoms with Crippen molar-refractivity contribution in [3.8, 4) is 0 Å². The van der Waals surface area contributed by atoms with E-state index in [1.807, 2.05) is 20.8 Å². The van der Waals surface area contributed by atoms with E-state index < -0.39 is 18.3 Å². The molecule has 1 heterocycles. The molecule has 1 rings (SSSR count). The lowest BCUT2D eigenvalue weighted by Gasteiger charge is -2.42. The second-order valence-electron chi connectivity index (χ2n) is 5.01. The normalized spacial score (nSPS) is 39.9. The van der Waals surface area contributed by atoms with Gasteiger partial charge in [-0.1, -0.05) is 20.8 Å². The number of aliphatic hydroxyl groups excluding tert-OH is 3. The summed E-state index contributed by atoms with van der Waals surface area (Å²) in [4.78, 5) is 0. The van der Waals surface area contributed by atoms with Crippen LogP contribution in [0.1, 0.15) is 27.2 Å². The van der Waals surface area contributed by atoms with Gasteiger partial charge in [-0.25, -0.2) is 0 Å². The molecule has 4 heteroatoms. The third kappa shape index (κ3) is 2.45. The SMILES string of the molecule is CC(C)(C)[C@H]1C[C@@H](O)[C@H](O)C(CO)O1. The quantitative estimate of drug-likeness (QED) is 0.558. The van der Waals surface area contributed by atoms with E-state index in [0.29, 0.717) is 6.42 Å². The third-order valence-electron chi connectivity index (χ3n) is 2.72. The van der Waals surface area contributed by atoms with Gasteiger partial charge in [-0.2, -0.15) is 0 Å². The second kappa shape index (κ2) is 4.14. The van der Waals surface area contributed by atoms with Crippen LogP contribution in [0.25, 0.3) is 0 Å². The highest BCUT2D eigenvalue weighted by Gasteiger charge is 2.40. The smallest absolute Gasteiger partial charge is 0.109 e. The zero-order valence-electron chi connectivity index (χ0n) is 8.97. The van der Waals surface area contributed by atoms with E-state index >= 15 is 0 Å². The van der Waals surface area contributed by atoms with E-state index in [2.05, 4.69) is 0 Å². The molecule has 0 aromatic carbocycles. The molecular formula is C10H20O4. The Balaban J connectivity index is 2.68. The first-order valence-electron chi connectivity index (χ1n) is 4.98. The molecule has 84 valence electrons. The third-order valence-corrected chi connectivity index (χ3v) is 2.72. The Kier molecular flexibility index (Phi) is 3.53. The lowest BCUT2D eigenvalue weighted by Crippen LogP contribution is -2.52. The second-order valence-corrected chi connectivity index (χ2v) is 5.01. The highest BCUT2D eigenvalue weighted by atomic mass is 16.5. The van der Waals surface area contributed by atoms with Gasteiger partial charge in [0.05, 0.1) is 18.8 Å². The topological polar surface area (TPSA) is 69.9 Å². The summed E-state index contributed by atoms with van der Waals surface area (Å²) >= 11 is 0. The van der Waals surface area contributed by atoms with Gasteiger partial charge in [0.15, 0.2) is 0 Å². The fraction of sp³-hybridized carbons (Fsp3) is 1.00. The Morgan fingerprint density at radius 2 is 1.86 bits per heavy atom. The highest BCUT2D eigenvalue weighted by Crippen LogP contribution is 2.32. The summed E-state index contributed by atoms with van der Waals surface area (Å²) in [6.07, 6.45) is -2.15. The molecule has 0 saturated carbocycles. The molecule has 4 nitrogen and oxygen atoms in total. The molecule has 0 amide bonds. The molecule has 0 aliphatic carbocycles. The first-order valence-corrected chi connectivity index (χ1v) is 4.98. The van der Waals surface area contributed by atoms with Crippen LogP contribution >= 0.6 is 0 Å². The van der Waals surface area contributed by atoms with Gasteiger partial charge < -0.3 is 20.1 Å². The number of hydrogen-bond acceptors (Lipinski definition) is 4. The van der Waals surface area contributed by atoms with E-state index in [1.165, 1.54) is 0 Å². The maximum absolute atomic E-state index is 9.57. The zero-order chi connectivity index (χ0) is 10.9. The summed E-state index contributed by atoms with van der Waals surface area (Å²) in [5, 5.41) is 28.0. The molecule has 14 heavy (non-hydrogen) atoms. The largest absolute Gasteiger partial charge is 0.394 e. The van der Waals surface area contributed by atoms with Crippen molar-refractivity contribution in [3.05, 3.63) is 0 Å². The maximum atomic E-state index is 9.57. The van der Waals surface area contributed by atoms with Crippen molar-refractivity contribution in [1.29, 1.82) is 0 Å². The molecule has 1 fully saturated rings. The number of hydrogen-bond donors (Lipinski definition) is 3. The molecule has 0 bridgehead atoms. The van der Waals surface area contributed by atoms with E-state index in [0.717, 1.165) is 0 Å². The molecule has 1 unspecified atom stereocenters. The van der Waals surface area contributed by atoms with Gasteiger partial charge in [0.25, 0.3) is 0 Å². The number of aliphatic hydroxyl groups is 3. The van der Waals surface area contributed by atoms with Gasteiger partial charge in [0.2, 0.25) is 0 Å². The monoisotopic (exact) mass is 204 g/mol. The van der Waals surface area contributed by atoms with Gasteiger partial charge in [-0.3, -0.25) is 0 Å². The number of ether oxygens (including phenoxy) is 1. The Labute approximate surface area is 84.5 Å². The van der Waals surface area contributed by atoms with Crippen LogP contribution in [0.15, 0.2) is 0 Å². The minimum absolute atomic E-state index is 0.0887. The van der Waals surface area contributed by atoms with Crippen LogP contribution in [0.3, 0.4) is 0 Å². The summed E-state index contributed by atoms with van der Waals surface area (Å²) in [6, 6.07) is 0.